The minimum Gasteiger partial charge on any atom is -0.381 e. The van der Waals surface area contributed by atoms with Gasteiger partial charge in [0.2, 0.25) is 5.91 Å². The molecule has 1 heterocycles. The van der Waals surface area contributed by atoms with Crippen LogP contribution in [0.2, 0.25) is 0 Å². The number of hydrogen-bond donors (Lipinski definition) is 1. The average molecular weight is 289 g/mol. The Morgan fingerprint density at radius 2 is 1.90 bits per heavy atom. The van der Waals surface area contributed by atoms with E-state index < -0.39 is 5.41 Å². The molecule has 4 heteroatoms. The summed E-state index contributed by atoms with van der Waals surface area (Å²) in [7, 11) is 0. The number of nitrogens with one attached hydrogen (secondary N) is 1. The molecule has 2 rings (SSSR count). The molecule has 0 bridgehead atoms. The van der Waals surface area contributed by atoms with E-state index in [9.17, 15) is 9.59 Å². The van der Waals surface area contributed by atoms with Gasteiger partial charge in [-0.15, -0.1) is 0 Å². The predicted octanol–water partition coefficient (Wildman–Crippen LogP) is 3.28. The fraction of sp³-hybridized carbons (Fsp3) is 0.529. The molecule has 1 aliphatic heterocycles. The summed E-state index contributed by atoms with van der Waals surface area (Å²) in [6.07, 6.45) is 1.44. The molecule has 1 atom stereocenters. The maximum atomic E-state index is 12.1. The van der Waals surface area contributed by atoms with Crippen molar-refractivity contribution in [3.63, 3.8) is 0 Å². The lowest BCUT2D eigenvalue weighted by Gasteiger charge is -2.16. The first-order valence-corrected chi connectivity index (χ1v) is 7.39. The summed E-state index contributed by atoms with van der Waals surface area (Å²) in [4.78, 5) is 24.0. The van der Waals surface area contributed by atoms with Crippen LogP contribution in [0.3, 0.4) is 0 Å². The van der Waals surface area contributed by atoms with Gasteiger partial charge in [0, 0.05) is 36.3 Å². The van der Waals surface area contributed by atoms with Gasteiger partial charge in [-0.1, -0.05) is 20.8 Å². The number of carbonyl (C=O) groups excluding carboxylic acids is 2. The molecule has 1 N–H and O–H groups in total. The molecule has 1 aliphatic rings. The fourth-order valence-corrected chi connectivity index (χ4v) is 2.36. The van der Waals surface area contributed by atoms with Gasteiger partial charge in [0.15, 0.2) is 5.78 Å². The topological polar surface area (TPSA) is 55.4 Å². The van der Waals surface area contributed by atoms with Gasteiger partial charge in [-0.2, -0.15) is 0 Å². The molecule has 0 saturated carbocycles. The van der Waals surface area contributed by atoms with Gasteiger partial charge in [0.1, 0.15) is 0 Å². The van der Waals surface area contributed by atoms with Gasteiger partial charge in [-0.25, -0.2) is 0 Å². The minimum atomic E-state index is -0.396. The summed E-state index contributed by atoms with van der Waals surface area (Å²) < 4.78 is 5.26. The van der Waals surface area contributed by atoms with E-state index in [1.807, 2.05) is 20.8 Å². The number of ether oxygens (including phenoxy) is 1. The predicted molar refractivity (Wildman–Crippen MR) is 82.4 cm³/mol. The molecule has 0 radical (unpaired) electrons. The largest absolute Gasteiger partial charge is 0.381 e. The summed E-state index contributed by atoms with van der Waals surface area (Å²) in [5.74, 6) is 0.427. The highest BCUT2D eigenvalue weighted by Crippen LogP contribution is 2.22. The van der Waals surface area contributed by atoms with Gasteiger partial charge < -0.3 is 10.1 Å². The first-order chi connectivity index (χ1) is 9.86. The third-order valence-corrected chi connectivity index (χ3v) is 3.61. The molecule has 4 nitrogen and oxygen atoms in total. The maximum Gasteiger partial charge on any atom is 0.224 e. The number of anilines is 1. The van der Waals surface area contributed by atoms with Crippen LogP contribution >= 0.6 is 0 Å². The molecule has 0 aliphatic carbocycles. The fourth-order valence-electron chi connectivity index (χ4n) is 2.36. The Morgan fingerprint density at radius 1 is 1.24 bits per heavy atom. The zero-order chi connectivity index (χ0) is 15.5. The van der Waals surface area contributed by atoms with Crippen molar-refractivity contribution < 1.29 is 14.3 Å². The number of rotatable bonds is 4. The SMILES string of the molecule is CC(C)(C)C(=O)c1ccc(NC(=O)CC2CCOC2)cc1. The van der Waals surface area contributed by atoms with Crippen molar-refractivity contribution in [2.45, 2.75) is 33.6 Å². The first-order valence-electron chi connectivity index (χ1n) is 7.39. The number of amides is 1. The second kappa shape index (κ2) is 6.39. The van der Waals surface area contributed by atoms with Crippen LogP contribution < -0.4 is 5.32 Å². The average Bonchev–Trinajstić information content (AvgIpc) is 2.90. The maximum absolute atomic E-state index is 12.1. The van der Waals surface area contributed by atoms with E-state index in [1.165, 1.54) is 0 Å². The van der Waals surface area contributed by atoms with Crippen molar-refractivity contribution in [3.05, 3.63) is 29.8 Å². The molecule has 0 aromatic heterocycles. The lowest BCUT2D eigenvalue weighted by Crippen LogP contribution is -2.20. The van der Waals surface area contributed by atoms with Crippen LogP contribution in [0.5, 0.6) is 0 Å². The molecule has 1 saturated heterocycles. The molecule has 1 aromatic carbocycles. The second-order valence-electron chi connectivity index (χ2n) is 6.64. The lowest BCUT2D eigenvalue weighted by atomic mass is 9.86. The van der Waals surface area contributed by atoms with Gasteiger partial charge in [0.25, 0.3) is 0 Å². The van der Waals surface area contributed by atoms with Gasteiger partial charge in [0.05, 0.1) is 0 Å². The summed E-state index contributed by atoms with van der Waals surface area (Å²) in [5.41, 5.74) is 1.00. The monoisotopic (exact) mass is 289 g/mol. The summed E-state index contributed by atoms with van der Waals surface area (Å²) in [6, 6.07) is 7.09. The van der Waals surface area contributed by atoms with Crippen molar-refractivity contribution >= 4 is 17.4 Å². The lowest BCUT2D eigenvalue weighted by molar-refractivity contribution is -0.117. The van der Waals surface area contributed by atoms with Crippen molar-refractivity contribution in [2.24, 2.45) is 11.3 Å². The molecular weight excluding hydrogens is 266 g/mol. The van der Waals surface area contributed by atoms with Crippen molar-refractivity contribution in [1.82, 2.24) is 0 Å². The van der Waals surface area contributed by atoms with Crippen LogP contribution in [0.25, 0.3) is 0 Å². The summed E-state index contributed by atoms with van der Waals surface area (Å²) in [6.45, 7) is 7.12. The third-order valence-electron chi connectivity index (χ3n) is 3.61. The van der Waals surface area contributed by atoms with Crippen molar-refractivity contribution in [1.29, 1.82) is 0 Å². The quantitative estimate of drug-likeness (QED) is 0.865. The molecule has 1 fully saturated rings. The van der Waals surface area contributed by atoms with E-state index in [0.29, 0.717) is 24.5 Å². The number of hydrogen-bond acceptors (Lipinski definition) is 3. The van der Waals surface area contributed by atoms with Crippen LogP contribution in [-0.4, -0.2) is 24.9 Å². The van der Waals surface area contributed by atoms with Crippen molar-refractivity contribution in [3.8, 4) is 0 Å². The van der Waals surface area contributed by atoms with Gasteiger partial charge >= 0.3 is 0 Å². The molecule has 1 unspecified atom stereocenters. The first kappa shape index (κ1) is 15.7. The summed E-state index contributed by atoms with van der Waals surface area (Å²) in [5, 5.41) is 2.87. The van der Waals surface area contributed by atoms with E-state index in [4.69, 9.17) is 4.74 Å². The highest BCUT2D eigenvalue weighted by atomic mass is 16.5. The van der Waals surface area contributed by atoms with Crippen molar-refractivity contribution in [2.75, 3.05) is 18.5 Å². The zero-order valence-electron chi connectivity index (χ0n) is 12.9. The van der Waals surface area contributed by atoms with E-state index in [0.717, 1.165) is 18.7 Å². The van der Waals surface area contributed by atoms with E-state index in [2.05, 4.69) is 5.32 Å². The standard InChI is InChI=1S/C17H23NO3/c1-17(2,3)16(20)13-4-6-14(7-5-13)18-15(19)10-12-8-9-21-11-12/h4-7,12H,8-11H2,1-3H3,(H,18,19). The smallest absolute Gasteiger partial charge is 0.224 e. The van der Waals surface area contributed by atoms with E-state index in [1.54, 1.807) is 24.3 Å². The number of ketones is 1. The van der Waals surface area contributed by atoms with E-state index >= 15 is 0 Å². The Hall–Kier alpha value is -1.68. The molecule has 1 aromatic rings. The number of Topliss-reactive ketones (excluding diaryl/α,β-unsaturated/α-hetero) is 1. The highest BCUT2D eigenvalue weighted by Gasteiger charge is 2.23. The highest BCUT2D eigenvalue weighted by molar-refractivity contribution is 6.00. The Kier molecular flexibility index (Phi) is 4.78. The van der Waals surface area contributed by atoms with Gasteiger partial charge in [-0.3, -0.25) is 9.59 Å². The van der Waals surface area contributed by atoms with Crippen LogP contribution in [-0.2, 0) is 9.53 Å². The Morgan fingerprint density at radius 3 is 2.43 bits per heavy atom. The van der Waals surface area contributed by atoms with Crippen LogP contribution in [0.15, 0.2) is 24.3 Å². The number of carbonyl (C=O) groups is 2. The van der Waals surface area contributed by atoms with Crippen LogP contribution in [0.1, 0.15) is 44.0 Å². The molecule has 0 spiro atoms. The van der Waals surface area contributed by atoms with Crippen LogP contribution in [0, 0.1) is 11.3 Å². The Balaban J connectivity index is 1.93. The summed E-state index contributed by atoms with van der Waals surface area (Å²) >= 11 is 0. The second-order valence-corrected chi connectivity index (χ2v) is 6.64. The minimum absolute atomic E-state index is 0.000368. The van der Waals surface area contributed by atoms with E-state index in [-0.39, 0.29) is 11.7 Å². The molecular formula is C17H23NO3. The number of benzene rings is 1. The zero-order valence-corrected chi connectivity index (χ0v) is 12.9. The molecule has 114 valence electrons. The Bertz CT molecular complexity index is 508. The van der Waals surface area contributed by atoms with Gasteiger partial charge in [-0.05, 0) is 36.6 Å². The normalized spacial score (nSPS) is 18.5. The third kappa shape index (κ3) is 4.39. The van der Waals surface area contributed by atoms with Crippen LogP contribution in [0.4, 0.5) is 5.69 Å². The molecule has 21 heavy (non-hydrogen) atoms. The Labute approximate surface area is 125 Å². The molecule has 1 amide bonds.